The Labute approximate surface area is 232 Å². The van der Waals surface area contributed by atoms with Gasteiger partial charge in [-0.3, -0.25) is 4.79 Å². The van der Waals surface area contributed by atoms with Crippen LogP contribution in [0.15, 0.2) is 146 Å². The summed E-state index contributed by atoms with van der Waals surface area (Å²) >= 11 is 0. The van der Waals surface area contributed by atoms with E-state index in [1.165, 1.54) is 38.2 Å². The Balaban J connectivity index is 1.12. The van der Waals surface area contributed by atoms with Crippen molar-refractivity contribution < 1.29 is 9.69 Å². The van der Waals surface area contributed by atoms with Crippen LogP contribution in [0.4, 0.5) is 17.1 Å². The quantitative estimate of drug-likeness (QED) is 0.236. The summed E-state index contributed by atoms with van der Waals surface area (Å²) in [7, 11) is 0. The largest absolute Gasteiger partial charge is 0.309 e. The summed E-state index contributed by atoms with van der Waals surface area (Å²) in [6, 6.07) is 50.0. The normalized spacial score (nSPS) is 12.5. The van der Waals surface area contributed by atoms with Crippen LogP contribution < -0.4 is 4.90 Å². The SMILES string of the molecule is O=C(c1ccc(-n2c3ccccc3c3ccccc32)cc1)c1ccc([NH+]2c3ccccc3-c3ccccc32)cc1. The molecule has 0 saturated carbocycles. The number of para-hydroxylation sites is 4. The molecular weight excluding hydrogens is 488 g/mol. The summed E-state index contributed by atoms with van der Waals surface area (Å²) in [5.74, 6) is 0.0255. The van der Waals surface area contributed by atoms with Crippen molar-refractivity contribution in [2.75, 3.05) is 0 Å². The molecule has 7 aromatic rings. The van der Waals surface area contributed by atoms with Crippen LogP contribution in [0.2, 0.25) is 0 Å². The molecule has 0 unspecified atom stereocenters. The van der Waals surface area contributed by atoms with E-state index in [1.54, 1.807) is 0 Å². The number of hydrogen-bond acceptors (Lipinski definition) is 1. The van der Waals surface area contributed by atoms with E-state index in [4.69, 9.17) is 0 Å². The Hall–Kier alpha value is -5.25. The second-order valence-electron chi connectivity index (χ2n) is 10.3. The molecule has 0 atom stereocenters. The number of nitrogens with one attached hydrogen (secondary N) is 1. The second kappa shape index (κ2) is 8.91. The van der Waals surface area contributed by atoms with Crippen LogP contribution in [0, 0.1) is 0 Å². The number of rotatable bonds is 4. The molecule has 1 aliphatic rings. The van der Waals surface area contributed by atoms with Gasteiger partial charge in [0.05, 0.1) is 11.0 Å². The smallest absolute Gasteiger partial charge is 0.193 e. The monoisotopic (exact) mass is 513 g/mol. The Morgan fingerprint density at radius 1 is 0.475 bits per heavy atom. The zero-order chi connectivity index (χ0) is 26.6. The standard InChI is InChI=1S/C37H24N2O/c40-37(25-17-21-27(22-18-25)38-33-13-5-1-9-29(33)30-10-2-6-14-34(30)38)26-19-23-28(24-20-26)39-35-15-7-3-11-31(35)32-12-4-8-16-36(32)39/h1-24H/p+1. The molecule has 1 aromatic heterocycles. The summed E-state index contributed by atoms with van der Waals surface area (Å²) < 4.78 is 2.27. The van der Waals surface area contributed by atoms with E-state index < -0.39 is 0 Å². The molecule has 0 radical (unpaired) electrons. The molecule has 1 aliphatic heterocycles. The average molecular weight is 514 g/mol. The third kappa shape index (κ3) is 3.39. The Kier molecular flexibility index (Phi) is 5.06. The van der Waals surface area contributed by atoms with Gasteiger partial charge in [-0.1, -0.05) is 60.7 Å². The Bertz CT molecular complexity index is 1970. The molecule has 188 valence electrons. The van der Waals surface area contributed by atoms with Gasteiger partial charge >= 0.3 is 0 Å². The molecule has 40 heavy (non-hydrogen) atoms. The van der Waals surface area contributed by atoms with Crippen LogP contribution in [-0.4, -0.2) is 10.4 Å². The highest BCUT2D eigenvalue weighted by Gasteiger charge is 2.32. The molecule has 8 rings (SSSR count). The van der Waals surface area contributed by atoms with E-state index in [0.717, 1.165) is 22.4 Å². The molecule has 0 amide bonds. The van der Waals surface area contributed by atoms with E-state index in [9.17, 15) is 4.79 Å². The summed E-state index contributed by atoms with van der Waals surface area (Å²) in [5, 5.41) is 2.45. The molecule has 2 heterocycles. The zero-order valence-electron chi connectivity index (χ0n) is 21.7. The highest BCUT2D eigenvalue weighted by Crippen LogP contribution is 2.38. The summed E-state index contributed by atoms with van der Waals surface area (Å²) in [6.07, 6.45) is 0. The lowest BCUT2D eigenvalue weighted by atomic mass is 10.0. The summed E-state index contributed by atoms with van der Waals surface area (Å²) in [4.78, 5) is 14.7. The van der Waals surface area contributed by atoms with Gasteiger partial charge in [-0.2, -0.15) is 0 Å². The maximum Gasteiger partial charge on any atom is 0.193 e. The van der Waals surface area contributed by atoms with Gasteiger partial charge in [0.1, 0.15) is 17.1 Å². The van der Waals surface area contributed by atoms with Crippen molar-refractivity contribution in [1.29, 1.82) is 0 Å². The fourth-order valence-corrected chi connectivity index (χ4v) is 6.25. The van der Waals surface area contributed by atoms with Crippen molar-refractivity contribution >= 4 is 44.7 Å². The van der Waals surface area contributed by atoms with Gasteiger partial charge < -0.3 is 4.57 Å². The molecule has 1 N–H and O–H groups in total. The number of carbonyl (C=O) groups is 1. The first-order valence-corrected chi connectivity index (χ1v) is 13.6. The zero-order valence-corrected chi connectivity index (χ0v) is 21.7. The van der Waals surface area contributed by atoms with Crippen LogP contribution in [0.25, 0.3) is 38.6 Å². The van der Waals surface area contributed by atoms with E-state index in [-0.39, 0.29) is 5.78 Å². The minimum absolute atomic E-state index is 0.0255. The molecule has 0 fully saturated rings. The first-order chi connectivity index (χ1) is 19.8. The fourth-order valence-electron chi connectivity index (χ4n) is 6.25. The minimum Gasteiger partial charge on any atom is -0.309 e. The van der Waals surface area contributed by atoms with E-state index >= 15 is 0 Å². The van der Waals surface area contributed by atoms with Crippen molar-refractivity contribution in [2.45, 2.75) is 0 Å². The Morgan fingerprint density at radius 2 is 0.925 bits per heavy atom. The third-order valence-electron chi connectivity index (χ3n) is 8.09. The molecule has 0 spiro atoms. The Morgan fingerprint density at radius 3 is 1.48 bits per heavy atom. The summed E-state index contributed by atoms with van der Waals surface area (Å²) in [5.41, 5.74) is 10.8. The summed E-state index contributed by atoms with van der Waals surface area (Å²) in [6.45, 7) is 0. The lowest BCUT2D eigenvalue weighted by molar-refractivity contribution is -0.677. The average Bonchev–Trinajstić information content (AvgIpc) is 3.54. The van der Waals surface area contributed by atoms with Gasteiger partial charge in [0.2, 0.25) is 0 Å². The van der Waals surface area contributed by atoms with Crippen molar-refractivity contribution in [1.82, 2.24) is 4.57 Å². The predicted molar refractivity (Wildman–Crippen MR) is 162 cm³/mol. The first kappa shape index (κ1) is 22.7. The number of quaternary nitrogens is 1. The van der Waals surface area contributed by atoms with Gasteiger partial charge in [-0.15, -0.1) is 0 Å². The third-order valence-corrected chi connectivity index (χ3v) is 8.09. The highest BCUT2D eigenvalue weighted by atomic mass is 16.1. The number of aromatic nitrogens is 1. The van der Waals surface area contributed by atoms with Crippen molar-refractivity contribution in [3.05, 3.63) is 157 Å². The minimum atomic E-state index is 0.0255. The number of nitrogens with zero attached hydrogens (tertiary/aromatic N) is 1. The van der Waals surface area contributed by atoms with Gasteiger partial charge in [0.15, 0.2) is 5.78 Å². The van der Waals surface area contributed by atoms with Gasteiger partial charge in [0, 0.05) is 63.0 Å². The second-order valence-corrected chi connectivity index (χ2v) is 10.3. The van der Waals surface area contributed by atoms with E-state index in [0.29, 0.717) is 11.1 Å². The van der Waals surface area contributed by atoms with Crippen molar-refractivity contribution in [3.63, 3.8) is 0 Å². The molecule has 0 saturated heterocycles. The molecule has 0 aliphatic carbocycles. The topological polar surface area (TPSA) is 26.4 Å². The maximum atomic E-state index is 13.5. The van der Waals surface area contributed by atoms with Crippen LogP contribution in [0.3, 0.4) is 0 Å². The molecule has 3 heteroatoms. The molecule has 6 aromatic carbocycles. The van der Waals surface area contributed by atoms with Crippen LogP contribution >= 0.6 is 0 Å². The van der Waals surface area contributed by atoms with Crippen molar-refractivity contribution in [3.8, 4) is 16.8 Å². The van der Waals surface area contributed by atoms with Crippen LogP contribution in [0.1, 0.15) is 15.9 Å². The van der Waals surface area contributed by atoms with Gasteiger partial charge in [-0.05, 0) is 60.7 Å². The number of ketones is 1. The fraction of sp³-hybridized carbons (Fsp3) is 0. The number of hydrogen-bond donors (Lipinski definition) is 1. The molecular formula is C37H25N2O+. The number of fused-ring (bicyclic) bond motifs is 6. The van der Waals surface area contributed by atoms with E-state index in [2.05, 4.69) is 114 Å². The predicted octanol–water partition coefficient (Wildman–Crippen LogP) is 8.17. The molecule has 3 nitrogen and oxygen atoms in total. The highest BCUT2D eigenvalue weighted by molar-refractivity contribution is 6.10. The van der Waals surface area contributed by atoms with Crippen LogP contribution in [0.5, 0.6) is 0 Å². The van der Waals surface area contributed by atoms with Gasteiger partial charge in [0.25, 0.3) is 0 Å². The van der Waals surface area contributed by atoms with Crippen molar-refractivity contribution in [2.24, 2.45) is 0 Å². The number of benzene rings is 6. The van der Waals surface area contributed by atoms with E-state index in [1.807, 2.05) is 36.4 Å². The molecule has 0 bridgehead atoms. The number of carbonyl (C=O) groups excluding carboxylic acids is 1. The lowest BCUT2D eigenvalue weighted by Crippen LogP contribution is -2.95. The van der Waals surface area contributed by atoms with Gasteiger partial charge in [-0.25, -0.2) is 4.90 Å². The lowest BCUT2D eigenvalue weighted by Gasteiger charge is -2.14. The first-order valence-electron chi connectivity index (χ1n) is 13.6. The maximum absolute atomic E-state index is 13.5. The van der Waals surface area contributed by atoms with Crippen LogP contribution in [-0.2, 0) is 0 Å².